The lowest BCUT2D eigenvalue weighted by molar-refractivity contribution is -0.139. The van der Waals surface area contributed by atoms with Crippen LogP contribution in [0.4, 0.5) is 0 Å². The van der Waals surface area contributed by atoms with Gasteiger partial charge in [-0.3, -0.25) is 4.79 Å². The Morgan fingerprint density at radius 3 is 2.56 bits per heavy atom. The number of hydrogen-bond acceptors (Lipinski definition) is 4. The Labute approximate surface area is 106 Å². The van der Waals surface area contributed by atoms with E-state index in [0.717, 1.165) is 5.75 Å². The van der Waals surface area contributed by atoms with E-state index in [0.29, 0.717) is 25.1 Å². The molecule has 0 saturated carbocycles. The molecule has 0 aliphatic rings. The Hall–Kier alpha value is -1.59. The Morgan fingerprint density at radius 1 is 1.39 bits per heavy atom. The van der Waals surface area contributed by atoms with Gasteiger partial charge in [-0.25, -0.2) is 0 Å². The van der Waals surface area contributed by atoms with Crippen LogP contribution in [-0.4, -0.2) is 35.9 Å². The van der Waals surface area contributed by atoms with Crippen molar-refractivity contribution in [2.45, 2.75) is 19.4 Å². The first kappa shape index (κ1) is 14.5. The van der Waals surface area contributed by atoms with Crippen LogP contribution in [-0.2, 0) is 4.79 Å². The van der Waals surface area contributed by atoms with E-state index in [1.54, 1.807) is 24.3 Å². The van der Waals surface area contributed by atoms with Crippen LogP contribution in [0, 0.1) is 0 Å². The summed E-state index contributed by atoms with van der Waals surface area (Å²) in [5.41, 5.74) is 0.670. The SMILES string of the molecule is CCOc1ccc(C(NCCCO)C(=O)O)cc1. The summed E-state index contributed by atoms with van der Waals surface area (Å²) in [5.74, 6) is -0.210. The van der Waals surface area contributed by atoms with E-state index >= 15 is 0 Å². The van der Waals surface area contributed by atoms with Crippen molar-refractivity contribution in [1.29, 1.82) is 0 Å². The van der Waals surface area contributed by atoms with Crippen molar-refractivity contribution in [3.05, 3.63) is 29.8 Å². The quantitative estimate of drug-likeness (QED) is 0.606. The fraction of sp³-hybridized carbons (Fsp3) is 0.462. The summed E-state index contributed by atoms with van der Waals surface area (Å²) < 4.78 is 5.30. The number of hydrogen-bond donors (Lipinski definition) is 3. The molecule has 0 amide bonds. The molecule has 3 N–H and O–H groups in total. The highest BCUT2D eigenvalue weighted by Crippen LogP contribution is 2.18. The number of benzene rings is 1. The summed E-state index contributed by atoms with van der Waals surface area (Å²) in [4.78, 5) is 11.1. The first-order valence-electron chi connectivity index (χ1n) is 5.98. The number of carboxylic acids is 1. The molecule has 0 saturated heterocycles. The number of aliphatic hydroxyl groups is 1. The number of ether oxygens (including phenoxy) is 1. The predicted octanol–water partition coefficient (Wildman–Crippen LogP) is 1.18. The fourth-order valence-electron chi connectivity index (χ4n) is 1.60. The number of rotatable bonds is 8. The van der Waals surface area contributed by atoms with Crippen LogP contribution < -0.4 is 10.1 Å². The average molecular weight is 253 g/mol. The molecule has 0 fully saturated rings. The third-order valence-corrected chi connectivity index (χ3v) is 2.45. The summed E-state index contributed by atoms with van der Waals surface area (Å²) in [6.45, 7) is 2.98. The molecule has 0 aliphatic carbocycles. The molecule has 0 aliphatic heterocycles. The van der Waals surface area contributed by atoms with Crippen molar-refractivity contribution < 1.29 is 19.7 Å². The maximum atomic E-state index is 11.1. The van der Waals surface area contributed by atoms with Crippen LogP contribution in [0.3, 0.4) is 0 Å². The summed E-state index contributed by atoms with van der Waals surface area (Å²) in [5, 5.41) is 20.7. The normalized spacial score (nSPS) is 12.1. The summed E-state index contributed by atoms with van der Waals surface area (Å²) >= 11 is 0. The Bertz CT molecular complexity index is 364. The molecule has 1 aromatic carbocycles. The lowest BCUT2D eigenvalue weighted by Gasteiger charge is -2.15. The van der Waals surface area contributed by atoms with Gasteiger partial charge in [-0.1, -0.05) is 12.1 Å². The smallest absolute Gasteiger partial charge is 0.325 e. The van der Waals surface area contributed by atoms with Gasteiger partial charge in [0.1, 0.15) is 11.8 Å². The van der Waals surface area contributed by atoms with Crippen molar-refractivity contribution >= 4 is 5.97 Å². The second kappa shape index (κ2) is 7.68. The summed E-state index contributed by atoms with van der Waals surface area (Å²) in [6, 6.07) is 6.21. The van der Waals surface area contributed by atoms with Crippen LogP contribution in [0.2, 0.25) is 0 Å². The number of aliphatic carboxylic acids is 1. The molecule has 5 nitrogen and oxygen atoms in total. The van der Waals surface area contributed by atoms with E-state index in [2.05, 4.69) is 5.32 Å². The second-order valence-electron chi connectivity index (χ2n) is 3.80. The summed E-state index contributed by atoms with van der Waals surface area (Å²) in [6.07, 6.45) is 0.529. The molecule has 0 aromatic heterocycles. The molecule has 1 atom stereocenters. The number of aliphatic hydroxyl groups excluding tert-OH is 1. The van der Waals surface area contributed by atoms with Gasteiger partial charge in [-0.05, 0) is 37.6 Å². The minimum Gasteiger partial charge on any atom is -0.494 e. The zero-order valence-electron chi connectivity index (χ0n) is 10.4. The molecule has 0 spiro atoms. The van der Waals surface area contributed by atoms with Gasteiger partial charge in [0, 0.05) is 6.61 Å². The van der Waals surface area contributed by atoms with Gasteiger partial charge in [0.05, 0.1) is 6.61 Å². The van der Waals surface area contributed by atoms with Crippen molar-refractivity contribution in [3.8, 4) is 5.75 Å². The molecule has 0 radical (unpaired) electrons. The van der Waals surface area contributed by atoms with Crippen LogP contribution >= 0.6 is 0 Å². The van der Waals surface area contributed by atoms with Crippen LogP contribution in [0.15, 0.2) is 24.3 Å². The minimum absolute atomic E-state index is 0.0443. The fourth-order valence-corrected chi connectivity index (χ4v) is 1.60. The third kappa shape index (κ3) is 4.35. The van der Waals surface area contributed by atoms with E-state index in [9.17, 15) is 4.79 Å². The first-order chi connectivity index (χ1) is 8.69. The van der Waals surface area contributed by atoms with Crippen LogP contribution in [0.1, 0.15) is 24.9 Å². The Kier molecular flexibility index (Phi) is 6.18. The molecule has 0 heterocycles. The van der Waals surface area contributed by atoms with Crippen molar-refractivity contribution in [1.82, 2.24) is 5.32 Å². The predicted molar refractivity (Wildman–Crippen MR) is 67.7 cm³/mol. The molecule has 0 bridgehead atoms. The van der Waals surface area contributed by atoms with Crippen molar-refractivity contribution in [2.75, 3.05) is 19.8 Å². The highest BCUT2D eigenvalue weighted by atomic mass is 16.5. The lowest BCUT2D eigenvalue weighted by atomic mass is 10.1. The van der Waals surface area contributed by atoms with Gasteiger partial charge in [0.15, 0.2) is 0 Å². The van der Waals surface area contributed by atoms with Gasteiger partial charge in [0.2, 0.25) is 0 Å². The maximum Gasteiger partial charge on any atom is 0.325 e. The first-order valence-corrected chi connectivity index (χ1v) is 5.98. The largest absolute Gasteiger partial charge is 0.494 e. The number of carboxylic acid groups (broad SMARTS) is 1. The van der Waals surface area contributed by atoms with Crippen LogP contribution in [0.5, 0.6) is 5.75 Å². The van der Waals surface area contributed by atoms with E-state index in [4.69, 9.17) is 14.9 Å². The molecule has 1 rings (SSSR count). The van der Waals surface area contributed by atoms with E-state index in [1.165, 1.54) is 0 Å². The van der Waals surface area contributed by atoms with E-state index in [-0.39, 0.29) is 6.61 Å². The molecule has 1 unspecified atom stereocenters. The maximum absolute atomic E-state index is 11.1. The molecule has 5 heteroatoms. The zero-order chi connectivity index (χ0) is 13.4. The average Bonchev–Trinajstić information content (AvgIpc) is 2.36. The zero-order valence-corrected chi connectivity index (χ0v) is 10.4. The molecule has 100 valence electrons. The van der Waals surface area contributed by atoms with Gasteiger partial charge in [-0.15, -0.1) is 0 Å². The molecule has 1 aromatic rings. The number of nitrogens with one attached hydrogen (secondary N) is 1. The highest BCUT2D eigenvalue weighted by molar-refractivity contribution is 5.75. The monoisotopic (exact) mass is 253 g/mol. The minimum atomic E-state index is -0.933. The molecular weight excluding hydrogens is 234 g/mol. The van der Waals surface area contributed by atoms with Gasteiger partial charge in [0.25, 0.3) is 0 Å². The van der Waals surface area contributed by atoms with E-state index < -0.39 is 12.0 Å². The summed E-state index contributed by atoms with van der Waals surface area (Å²) in [7, 11) is 0. The lowest BCUT2D eigenvalue weighted by Crippen LogP contribution is -2.29. The van der Waals surface area contributed by atoms with Crippen molar-refractivity contribution in [2.24, 2.45) is 0 Å². The third-order valence-electron chi connectivity index (χ3n) is 2.45. The topological polar surface area (TPSA) is 78.8 Å². The van der Waals surface area contributed by atoms with Gasteiger partial charge in [-0.2, -0.15) is 0 Å². The van der Waals surface area contributed by atoms with E-state index in [1.807, 2.05) is 6.92 Å². The van der Waals surface area contributed by atoms with Gasteiger partial charge >= 0.3 is 5.97 Å². The van der Waals surface area contributed by atoms with Crippen molar-refractivity contribution in [3.63, 3.8) is 0 Å². The standard InChI is InChI=1S/C13H19NO4/c1-2-18-11-6-4-10(5-7-11)12(13(16)17)14-8-3-9-15/h4-7,12,14-15H,2-3,8-9H2,1H3,(H,16,17). The van der Waals surface area contributed by atoms with Gasteiger partial charge < -0.3 is 20.3 Å². The van der Waals surface area contributed by atoms with Crippen LogP contribution in [0.25, 0.3) is 0 Å². The molecular formula is C13H19NO4. The highest BCUT2D eigenvalue weighted by Gasteiger charge is 2.18. The Balaban J connectivity index is 2.69. The molecule has 18 heavy (non-hydrogen) atoms. The second-order valence-corrected chi connectivity index (χ2v) is 3.80. The Morgan fingerprint density at radius 2 is 2.06 bits per heavy atom. The number of carbonyl (C=O) groups is 1.